The Morgan fingerprint density at radius 3 is 2.42 bits per heavy atom. The SMILES string of the molecule is COc1ccc(CN2CCN(C3CC4(CCN(c5ccc(C(=O)NS(=O)(=O)c6ccc(NCC7CCC(C)(O)CC7)c([N+](=O)[O-])c6)c(Oc6cnc7[nH]ccc7c6)c5)CC4)C3)[C@@H](c3ccccc3C(C)C)C2)c(OC)c1. The Hall–Kier alpha value is -6.73. The van der Waals surface area contributed by atoms with Crippen LogP contribution in [0.1, 0.15) is 111 Å². The van der Waals surface area contributed by atoms with Crippen LogP contribution in [0, 0.1) is 21.4 Å². The number of nitro groups is 1. The van der Waals surface area contributed by atoms with E-state index >= 15 is 0 Å². The molecule has 4 N–H and O–H groups in total. The summed E-state index contributed by atoms with van der Waals surface area (Å²) < 4.78 is 47.6. The van der Waals surface area contributed by atoms with Crippen LogP contribution >= 0.6 is 0 Å². The van der Waals surface area contributed by atoms with Gasteiger partial charge in [0.05, 0.1) is 41.4 Å². The molecule has 4 aromatic carbocycles. The van der Waals surface area contributed by atoms with Gasteiger partial charge in [0.15, 0.2) is 0 Å². The minimum atomic E-state index is -4.60. The third kappa shape index (κ3) is 11.4. The van der Waals surface area contributed by atoms with Crippen molar-refractivity contribution in [2.45, 2.75) is 107 Å². The van der Waals surface area contributed by atoms with Crippen LogP contribution < -0.4 is 29.1 Å². The van der Waals surface area contributed by atoms with Gasteiger partial charge in [-0.1, -0.05) is 44.2 Å². The van der Waals surface area contributed by atoms with Crippen molar-refractivity contribution in [3.05, 3.63) is 136 Å². The third-order valence-corrected chi connectivity index (χ3v) is 18.0. The number of rotatable bonds is 17. The first-order chi connectivity index (χ1) is 36.5. The van der Waals surface area contributed by atoms with Crippen molar-refractivity contribution < 1.29 is 37.5 Å². The molecule has 1 spiro atoms. The molecule has 4 heterocycles. The second-order valence-corrected chi connectivity index (χ2v) is 23.7. The number of benzene rings is 4. The lowest BCUT2D eigenvalue weighted by atomic mass is 9.59. The molecule has 17 nitrogen and oxygen atoms in total. The van der Waals surface area contributed by atoms with Crippen LogP contribution in [0.25, 0.3) is 11.0 Å². The number of carbonyl (C=O) groups is 1. The van der Waals surface area contributed by atoms with Gasteiger partial charge >= 0.3 is 0 Å². The van der Waals surface area contributed by atoms with E-state index in [1.807, 2.05) is 31.2 Å². The minimum Gasteiger partial charge on any atom is -0.497 e. The number of aromatic nitrogens is 2. The quantitative estimate of drug-likeness (QED) is 0.0496. The number of nitro benzene ring substituents is 1. The van der Waals surface area contributed by atoms with Crippen LogP contribution in [0.4, 0.5) is 17.1 Å². The van der Waals surface area contributed by atoms with E-state index in [-0.39, 0.29) is 34.4 Å². The number of nitrogens with zero attached hydrogens (tertiary/aromatic N) is 5. The topological polar surface area (TPSA) is 205 Å². The third-order valence-electron chi connectivity index (χ3n) is 16.6. The number of piperazine rings is 1. The molecular formula is C58H70N8O9S. The average Bonchev–Trinajstić information content (AvgIpc) is 3.90. The van der Waals surface area contributed by atoms with Crippen LogP contribution in [0.5, 0.6) is 23.0 Å². The highest BCUT2D eigenvalue weighted by atomic mass is 32.2. The standard InChI is InChI=1S/C58H70N8O9S/c1-38(2)47-8-6-7-9-48(47)52-37-63(36-41-10-12-44(73-4)30-53(41)74-5)26-27-65(52)43-32-58(33-43)21-24-64(25-22-58)42-11-14-49(54(29-42)75-45-28-40-18-23-59-55(40)61-35-45)56(67)62-76(71,72)46-13-15-50(51(31-46)66(69)70)60-34-39-16-19-57(3,68)20-17-39/h6-15,18,23,28-31,35,38-39,43,52,60,68H,16-17,19-22,24-27,32-34,36-37H2,1-5H3,(H,59,61)(H,62,67)/t39?,52-,57?/m1/s1. The zero-order valence-corrected chi connectivity index (χ0v) is 44.9. The largest absolute Gasteiger partial charge is 0.497 e. The van der Waals surface area contributed by atoms with E-state index in [9.17, 15) is 28.4 Å². The first-order valence-electron chi connectivity index (χ1n) is 26.6. The highest BCUT2D eigenvalue weighted by molar-refractivity contribution is 7.90. The molecule has 2 saturated carbocycles. The predicted molar refractivity (Wildman–Crippen MR) is 293 cm³/mol. The molecule has 2 saturated heterocycles. The van der Waals surface area contributed by atoms with Crippen LogP contribution in [-0.2, 0) is 16.6 Å². The van der Waals surface area contributed by atoms with E-state index in [2.05, 4.69) is 78.9 Å². The molecule has 76 heavy (non-hydrogen) atoms. The predicted octanol–water partition coefficient (Wildman–Crippen LogP) is 10.2. The summed E-state index contributed by atoms with van der Waals surface area (Å²) in [6, 6.07) is 28.1. The molecule has 10 rings (SSSR count). The second kappa shape index (κ2) is 21.7. The van der Waals surface area contributed by atoms with Gasteiger partial charge in [-0.15, -0.1) is 0 Å². The Morgan fingerprint density at radius 1 is 0.908 bits per heavy atom. The first kappa shape index (κ1) is 52.7. The lowest BCUT2D eigenvalue weighted by Gasteiger charge is -2.58. The van der Waals surface area contributed by atoms with Crippen LogP contribution in [0.3, 0.4) is 0 Å². The fourth-order valence-corrected chi connectivity index (χ4v) is 13.1. The molecule has 4 fully saturated rings. The van der Waals surface area contributed by atoms with Gasteiger partial charge in [0.25, 0.3) is 21.6 Å². The Morgan fingerprint density at radius 2 is 1.68 bits per heavy atom. The number of carbonyl (C=O) groups excluding carboxylic acids is 1. The molecule has 1 atom stereocenters. The number of H-pyrrole nitrogens is 1. The number of sulfonamides is 1. The van der Waals surface area contributed by atoms with Gasteiger partial charge in [-0.25, -0.2) is 18.1 Å². The summed E-state index contributed by atoms with van der Waals surface area (Å²) in [6.45, 7) is 12.0. The number of amides is 1. The van der Waals surface area contributed by atoms with Gasteiger partial charge in [0.2, 0.25) is 0 Å². The number of ether oxygens (including phenoxy) is 3. The maximum absolute atomic E-state index is 14.1. The van der Waals surface area contributed by atoms with Crippen molar-refractivity contribution in [3.63, 3.8) is 0 Å². The Kier molecular flexibility index (Phi) is 15.1. The maximum atomic E-state index is 14.1. The molecule has 2 aliphatic heterocycles. The van der Waals surface area contributed by atoms with Crippen molar-refractivity contribution in [1.82, 2.24) is 24.5 Å². The van der Waals surface area contributed by atoms with Gasteiger partial charge < -0.3 is 34.5 Å². The Labute approximate surface area is 445 Å². The van der Waals surface area contributed by atoms with Crippen molar-refractivity contribution in [1.29, 1.82) is 0 Å². The van der Waals surface area contributed by atoms with E-state index < -0.39 is 37.0 Å². The molecule has 18 heteroatoms. The lowest BCUT2D eigenvalue weighted by molar-refractivity contribution is -0.384. The van der Waals surface area contributed by atoms with Gasteiger partial charge in [0.1, 0.15) is 34.3 Å². The van der Waals surface area contributed by atoms with E-state index in [1.165, 1.54) is 29.5 Å². The van der Waals surface area contributed by atoms with Crippen LogP contribution in [0.15, 0.2) is 108 Å². The van der Waals surface area contributed by atoms with E-state index in [4.69, 9.17) is 14.2 Å². The number of nitrogens with one attached hydrogen (secondary N) is 3. The van der Waals surface area contributed by atoms with Crippen molar-refractivity contribution in [2.75, 3.05) is 63.7 Å². The molecule has 402 valence electrons. The van der Waals surface area contributed by atoms with Gasteiger partial charge in [-0.3, -0.25) is 24.7 Å². The monoisotopic (exact) mass is 1050 g/mol. The molecule has 6 aromatic rings. The molecule has 0 radical (unpaired) electrons. The molecule has 4 aliphatic rings. The smallest absolute Gasteiger partial charge is 0.293 e. The van der Waals surface area contributed by atoms with E-state index in [0.29, 0.717) is 42.7 Å². The molecular weight excluding hydrogens is 985 g/mol. The van der Waals surface area contributed by atoms with Crippen molar-refractivity contribution in [2.24, 2.45) is 11.3 Å². The summed E-state index contributed by atoms with van der Waals surface area (Å²) in [6.07, 6.45) is 10.3. The Bertz CT molecular complexity index is 3190. The maximum Gasteiger partial charge on any atom is 0.293 e. The van der Waals surface area contributed by atoms with Crippen LogP contribution in [-0.4, -0.2) is 109 Å². The van der Waals surface area contributed by atoms with Crippen molar-refractivity contribution >= 4 is 44.0 Å². The lowest BCUT2D eigenvalue weighted by Crippen LogP contribution is -2.60. The number of methoxy groups -OCH3 is 2. The summed E-state index contributed by atoms with van der Waals surface area (Å²) in [5.41, 5.74) is 4.64. The molecule has 2 aromatic heterocycles. The van der Waals surface area contributed by atoms with Gasteiger partial charge in [-0.05, 0) is 129 Å². The molecule has 2 aliphatic carbocycles. The highest BCUT2D eigenvalue weighted by Crippen LogP contribution is 2.53. The van der Waals surface area contributed by atoms with Gasteiger partial charge in [0, 0.05) is 98.9 Å². The minimum absolute atomic E-state index is 0.0344. The fraction of sp³-hybridized carbons (Fsp3) is 0.448. The zero-order chi connectivity index (χ0) is 53.4. The van der Waals surface area contributed by atoms with E-state index in [0.717, 1.165) is 112 Å². The highest BCUT2D eigenvalue weighted by Gasteiger charge is 2.50. The number of aliphatic hydroxyl groups is 1. The zero-order valence-electron chi connectivity index (χ0n) is 44.1. The number of hydrogen-bond donors (Lipinski definition) is 4. The van der Waals surface area contributed by atoms with Crippen molar-refractivity contribution in [3.8, 4) is 23.0 Å². The summed E-state index contributed by atoms with van der Waals surface area (Å²) in [5, 5.41) is 26.5. The normalized spacial score (nSPS) is 21.3. The fourth-order valence-electron chi connectivity index (χ4n) is 12.2. The molecule has 0 unspecified atom stereocenters. The number of hydrogen-bond acceptors (Lipinski definition) is 14. The first-order valence-corrected chi connectivity index (χ1v) is 28.1. The number of pyridine rings is 1. The summed E-state index contributed by atoms with van der Waals surface area (Å²) in [7, 11) is -1.21. The molecule has 1 amide bonds. The summed E-state index contributed by atoms with van der Waals surface area (Å²) >= 11 is 0. The van der Waals surface area contributed by atoms with Crippen LogP contribution in [0.2, 0.25) is 0 Å². The van der Waals surface area contributed by atoms with E-state index in [1.54, 1.807) is 38.6 Å². The average molecular weight is 1060 g/mol. The number of anilines is 2. The number of fused-ring (bicyclic) bond motifs is 1. The van der Waals surface area contributed by atoms with Gasteiger partial charge in [-0.2, -0.15) is 0 Å². The number of aromatic amines is 1. The number of piperidine rings is 1. The second-order valence-electron chi connectivity index (χ2n) is 22.1. The summed E-state index contributed by atoms with van der Waals surface area (Å²) in [5.74, 6) is 1.74. The Balaban J connectivity index is 0.832. The summed E-state index contributed by atoms with van der Waals surface area (Å²) in [4.78, 5) is 40.5. The molecule has 0 bridgehead atoms.